The van der Waals surface area contributed by atoms with E-state index in [2.05, 4.69) is 5.32 Å². The summed E-state index contributed by atoms with van der Waals surface area (Å²) in [6.45, 7) is 4.18. The minimum absolute atomic E-state index is 0.0604. The molecule has 0 aliphatic heterocycles. The van der Waals surface area contributed by atoms with Crippen LogP contribution in [0.4, 0.5) is 5.69 Å². The van der Waals surface area contributed by atoms with Gasteiger partial charge in [-0.05, 0) is 43.2 Å². The average molecular weight is 339 g/mol. The van der Waals surface area contributed by atoms with Gasteiger partial charge in [-0.25, -0.2) is 4.79 Å². The van der Waals surface area contributed by atoms with Crippen LogP contribution in [0.1, 0.15) is 18.1 Å². The minimum Gasteiger partial charge on any atom is -0.392 e. The number of aromatic nitrogens is 2. The molecule has 1 heterocycles. The first-order valence-corrected chi connectivity index (χ1v) is 8.23. The van der Waals surface area contributed by atoms with Gasteiger partial charge >= 0.3 is 5.69 Å². The molecule has 2 N–H and O–H groups in total. The van der Waals surface area contributed by atoms with Crippen LogP contribution in [0, 0.1) is 6.92 Å². The predicted molar refractivity (Wildman–Crippen MR) is 97.6 cm³/mol. The van der Waals surface area contributed by atoms with E-state index in [1.807, 2.05) is 50.2 Å². The van der Waals surface area contributed by atoms with Crippen molar-refractivity contribution in [2.24, 2.45) is 0 Å². The molecule has 3 rings (SSSR count). The summed E-state index contributed by atoms with van der Waals surface area (Å²) in [6.07, 6.45) is 0. The highest BCUT2D eigenvalue weighted by Crippen LogP contribution is 2.18. The van der Waals surface area contributed by atoms with Crippen molar-refractivity contribution in [1.29, 1.82) is 0 Å². The number of aryl methyl sites for hydroxylation is 2. The molecule has 0 spiro atoms. The molecule has 1 amide bonds. The van der Waals surface area contributed by atoms with E-state index in [9.17, 15) is 14.7 Å². The normalized spacial score (nSPS) is 11.0. The van der Waals surface area contributed by atoms with E-state index in [0.29, 0.717) is 12.2 Å². The van der Waals surface area contributed by atoms with Gasteiger partial charge < -0.3 is 10.4 Å². The zero-order valence-corrected chi connectivity index (χ0v) is 14.3. The molecule has 130 valence electrons. The molecule has 6 heteroatoms. The van der Waals surface area contributed by atoms with Gasteiger partial charge in [0.25, 0.3) is 0 Å². The van der Waals surface area contributed by atoms with Crippen LogP contribution in [0.3, 0.4) is 0 Å². The molecule has 0 bridgehead atoms. The number of aliphatic hydroxyl groups is 1. The Labute approximate surface area is 145 Å². The molecule has 0 aliphatic carbocycles. The predicted octanol–water partition coefficient (Wildman–Crippen LogP) is 2.26. The molecule has 0 unspecified atom stereocenters. The Morgan fingerprint density at radius 2 is 1.80 bits per heavy atom. The number of carbonyl (C=O) groups excluding carboxylic acids is 1. The molecule has 0 aliphatic rings. The van der Waals surface area contributed by atoms with E-state index >= 15 is 0 Å². The number of aliphatic hydroxyl groups excluding tert-OH is 1. The first-order valence-electron chi connectivity index (χ1n) is 8.23. The number of amides is 1. The van der Waals surface area contributed by atoms with Crippen LogP contribution >= 0.6 is 0 Å². The number of carbonyl (C=O) groups is 1. The molecule has 3 aromatic rings. The van der Waals surface area contributed by atoms with Gasteiger partial charge in [0.15, 0.2) is 0 Å². The van der Waals surface area contributed by atoms with Crippen molar-refractivity contribution < 1.29 is 9.90 Å². The second-order valence-corrected chi connectivity index (χ2v) is 5.96. The zero-order chi connectivity index (χ0) is 18.0. The summed E-state index contributed by atoms with van der Waals surface area (Å²) in [6, 6.07) is 12.8. The number of anilines is 1. The van der Waals surface area contributed by atoms with E-state index in [1.54, 1.807) is 10.6 Å². The SMILES string of the molecule is CCn1c(=O)n(CC(=O)Nc2cc(CO)ccc2C)c2ccccc21. The molecule has 0 fully saturated rings. The number of para-hydroxylation sites is 2. The summed E-state index contributed by atoms with van der Waals surface area (Å²) < 4.78 is 3.14. The third kappa shape index (κ3) is 3.21. The lowest BCUT2D eigenvalue weighted by atomic mass is 10.1. The van der Waals surface area contributed by atoms with Gasteiger partial charge in [-0.2, -0.15) is 0 Å². The number of nitrogens with one attached hydrogen (secondary N) is 1. The van der Waals surface area contributed by atoms with Crippen LogP contribution in [0.5, 0.6) is 0 Å². The van der Waals surface area contributed by atoms with Gasteiger partial charge in [0, 0.05) is 12.2 Å². The Morgan fingerprint density at radius 1 is 1.12 bits per heavy atom. The van der Waals surface area contributed by atoms with Gasteiger partial charge in [-0.15, -0.1) is 0 Å². The van der Waals surface area contributed by atoms with Gasteiger partial charge in [-0.3, -0.25) is 13.9 Å². The maximum absolute atomic E-state index is 12.6. The summed E-state index contributed by atoms with van der Waals surface area (Å²) in [5.41, 5.74) is 3.63. The summed E-state index contributed by atoms with van der Waals surface area (Å²) in [4.78, 5) is 25.1. The first kappa shape index (κ1) is 17.0. The largest absolute Gasteiger partial charge is 0.392 e. The molecular formula is C19H21N3O3. The number of rotatable bonds is 5. The molecule has 1 aromatic heterocycles. The maximum Gasteiger partial charge on any atom is 0.329 e. The van der Waals surface area contributed by atoms with Crippen LogP contribution in [-0.4, -0.2) is 20.1 Å². The average Bonchev–Trinajstić information content (AvgIpc) is 2.88. The fraction of sp³-hybridized carbons (Fsp3) is 0.263. The summed E-state index contributed by atoms with van der Waals surface area (Å²) in [7, 11) is 0. The molecule has 25 heavy (non-hydrogen) atoms. The molecule has 0 atom stereocenters. The van der Waals surface area contributed by atoms with Crippen molar-refractivity contribution in [3.05, 3.63) is 64.1 Å². The quantitative estimate of drug-likeness (QED) is 0.749. The van der Waals surface area contributed by atoms with E-state index in [1.165, 1.54) is 4.57 Å². The topological polar surface area (TPSA) is 76.3 Å². The Hall–Kier alpha value is -2.86. The van der Waals surface area contributed by atoms with Crippen molar-refractivity contribution in [2.45, 2.75) is 33.5 Å². The zero-order valence-electron chi connectivity index (χ0n) is 14.3. The number of imidazole rings is 1. The maximum atomic E-state index is 12.6. The second kappa shape index (κ2) is 6.94. The van der Waals surface area contributed by atoms with Crippen molar-refractivity contribution in [2.75, 3.05) is 5.32 Å². The number of hydrogen-bond acceptors (Lipinski definition) is 3. The number of fused-ring (bicyclic) bond motifs is 1. The van der Waals surface area contributed by atoms with E-state index in [0.717, 1.165) is 22.2 Å². The van der Waals surface area contributed by atoms with E-state index < -0.39 is 0 Å². The molecule has 0 saturated heterocycles. The van der Waals surface area contributed by atoms with Crippen LogP contribution in [0.2, 0.25) is 0 Å². The van der Waals surface area contributed by atoms with Crippen LogP contribution in [0.15, 0.2) is 47.3 Å². The fourth-order valence-corrected chi connectivity index (χ4v) is 2.97. The molecule has 0 saturated carbocycles. The summed E-state index contributed by atoms with van der Waals surface area (Å²) >= 11 is 0. The highest BCUT2D eigenvalue weighted by molar-refractivity contribution is 5.92. The van der Waals surface area contributed by atoms with Gasteiger partial charge in [0.1, 0.15) is 6.54 Å². The Balaban J connectivity index is 1.91. The van der Waals surface area contributed by atoms with Crippen molar-refractivity contribution in [1.82, 2.24) is 9.13 Å². The third-order valence-corrected chi connectivity index (χ3v) is 4.30. The molecule has 2 aromatic carbocycles. The van der Waals surface area contributed by atoms with Crippen molar-refractivity contribution in [3.8, 4) is 0 Å². The fourth-order valence-electron chi connectivity index (χ4n) is 2.97. The lowest BCUT2D eigenvalue weighted by molar-refractivity contribution is -0.116. The molecule has 6 nitrogen and oxygen atoms in total. The van der Waals surface area contributed by atoms with Crippen molar-refractivity contribution >= 4 is 22.6 Å². The smallest absolute Gasteiger partial charge is 0.329 e. The summed E-state index contributed by atoms with van der Waals surface area (Å²) in [5, 5.41) is 12.1. The summed E-state index contributed by atoms with van der Waals surface area (Å²) in [5.74, 6) is -0.278. The van der Waals surface area contributed by atoms with Crippen LogP contribution < -0.4 is 11.0 Å². The van der Waals surface area contributed by atoms with Crippen molar-refractivity contribution in [3.63, 3.8) is 0 Å². The van der Waals surface area contributed by atoms with Gasteiger partial charge in [0.2, 0.25) is 5.91 Å². The highest BCUT2D eigenvalue weighted by atomic mass is 16.3. The lowest BCUT2D eigenvalue weighted by Gasteiger charge is -2.10. The number of hydrogen-bond donors (Lipinski definition) is 2. The lowest BCUT2D eigenvalue weighted by Crippen LogP contribution is -2.29. The highest BCUT2D eigenvalue weighted by Gasteiger charge is 2.15. The Morgan fingerprint density at radius 3 is 2.44 bits per heavy atom. The third-order valence-electron chi connectivity index (χ3n) is 4.30. The molecule has 0 radical (unpaired) electrons. The second-order valence-electron chi connectivity index (χ2n) is 5.96. The van der Waals surface area contributed by atoms with Gasteiger partial charge in [0.05, 0.1) is 17.6 Å². The van der Waals surface area contributed by atoms with Crippen LogP contribution in [-0.2, 0) is 24.5 Å². The van der Waals surface area contributed by atoms with Crippen LogP contribution in [0.25, 0.3) is 11.0 Å². The number of benzene rings is 2. The van der Waals surface area contributed by atoms with Gasteiger partial charge in [-0.1, -0.05) is 24.3 Å². The Kier molecular flexibility index (Phi) is 4.72. The first-order chi connectivity index (χ1) is 12.0. The van der Waals surface area contributed by atoms with E-state index in [4.69, 9.17) is 0 Å². The molecular weight excluding hydrogens is 318 g/mol. The van der Waals surface area contributed by atoms with E-state index in [-0.39, 0.29) is 24.7 Å². The standard InChI is InChI=1S/C19H21N3O3/c1-3-21-16-6-4-5-7-17(16)22(19(21)25)11-18(24)20-15-10-14(12-23)9-8-13(15)2/h4-10,23H,3,11-12H2,1-2H3,(H,20,24). The Bertz CT molecular complexity index is 985. The number of nitrogens with zero attached hydrogens (tertiary/aromatic N) is 2. The minimum atomic E-state index is -0.278. The monoisotopic (exact) mass is 339 g/mol.